The number of hydrogen-bond acceptors (Lipinski definition) is 4. The summed E-state index contributed by atoms with van der Waals surface area (Å²) in [6.07, 6.45) is 1.40. The number of benzene rings is 2. The zero-order chi connectivity index (χ0) is 15.1. The summed E-state index contributed by atoms with van der Waals surface area (Å²) in [5.41, 5.74) is 1.12. The average molecular weight is 306 g/mol. The predicted octanol–water partition coefficient (Wildman–Crippen LogP) is 3.03. The highest BCUT2D eigenvalue weighted by Crippen LogP contribution is 2.14. The lowest BCUT2D eigenvalue weighted by Gasteiger charge is -2.06. The van der Waals surface area contributed by atoms with Crippen molar-refractivity contribution in [2.75, 3.05) is 13.7 Å². The Morgan fingerprint density at radius 2 is 1.62 bits per heavy atom. The van der Waals surface area contributed by atoms with Crippen molar-refractivity contribution in [2.45, 2.75) is 17.7 Å². The van der Waals surface area contributed by atoms with Crippen LogP contribution in [0.4, 0.5) is 0 Å². The fourth-order valence-electron chi connectivity index (χ4n) is 1.89. The zero-order valence-electron chi connectivity index (χ0n) is 11.9. The van der Waals surface area contributed by atoms with Crippen molar-refractivity contribution in [3.8, 4) is 5.75 Å². The largest absolute Gasteiger partial charge is 0.497 e. The molecule has 0 aliphatic heterocycles. The van der Waals surface area contributed by atoms with Gasteiger partial charge in [0.25, 0.3) is 10.1 Å². The summed E-state index contributed by atoms with van der Waals surface area (Å²) in [6.45, 7) is 0.170. The molecular weight excluding hydrogens is 288 g/mol. The first-order valence-corrected chi connectivity index (χ1v) is 8.10. The molecular formula is C16H18O4S. The van der Waals surface area contributed by atoms with Crippen molar-refractivity contribution >= 4 is 10.1 Å². The lowest BCUT2D eigenvalue weighted by Crippen LogP contribution is -2.08. The van der Waals surface area contributed by atoms with E-state index < -0.39 is 10.1 Å². The molecule has 0 atom stereocenters. The molecule has 0 aliphatic rings. The van der Waals surface area contributed by atoms with E-state index in [4.69, 9.17) is 8.92 Å². The Balaban J connectivity index is 1.81. The van der Waals surface area contributed by atoms with Gasteiger partial charge in [0.2, 0.25) is 0 Å². The van der Waals surface area contributed by atoms with Crippen LogP contribution >= 0.6 is 0 Å². The Hall–Kier alpha value is -1.85. The van der Waals surface area contributed by atoms with Crippen LogP contribution < -0.4 is 4.74 Å². The molecule has 0 spiro atoms. The molecule has 0 fully saturated rings. The predicted molar refractivity (Wildman–Crippen MR) is 80.9 cm³/mol. The summed E-state index contributed by atoms with van der Waals surface area (Å²) < 4.78 is 33.9. The molecule has 0 saturated carbocycles. The molecule has 2 rings (SSSR count). The smallest absolute Gasteiger partial charge is 0.296 e. The van der Waals surface area contributed by atoms with Crippen LogP contribution in [0.15, 0.2) is 59.5 Å². The molecule has 0 aliphatic carbocycles. The molecule has 0 bridgehead atoms. The molecule has 21 heavy (non-hydrogen) atoms. The van der Waals surface area contributed by atoms with E-state index in [0.29, 0.717) is 6.42 Å². The maximum Gasteiger partial charge on any atom is 0.296 e. The molecule has 0 heterocycles. The van der Waals surface area contributed by atoms with Crippen LogP contribution in [0.2, 0.25) is 0 Å². The van der Waals surface area contributed by atoms with Crippen LogP contribution in [0.5, 0.6) is 5.75 Å². The first kappa shape index (κ1) is 15.5. The molecule has 0 unspecified atom stereocenters. The van der Waals surface area contributed by atoms with E-state index in [1.165, 1.54) is 12.1 Å². The first-order chi connectivity index (χ1) is 10.1. The van der Waals surface area contributed by atoms with Crippen LogP contribution in [0.3, 0.4) is 0 Å². The van der Waals surface area contributed by atoms with Gasteiger partial charge >= 0.3 is 0 Å². The molecule has 5 heteroatoms. The quantitative estimate of drug-likeness (QED) is 0.583. The van der Waals surface area contributed by atoms with Gasteiger partial charge < -0.3 is 4.74 Å². The van der Waals surface area contributed by atoms with Gasteiger partial charge in [0.1, 0.15) is 5.75 Å². The number of ether oxygens (including phenoxy) is 1. The van der Waals surface area contributed by atoms with Crippen molar-refractivity contribution in [2.24, 2.45) is 0 Å². The van der Waals surface area contributed by atoms with Crippen molar-refractivity contribution in [3.63, 3.8) is 0 Å². The van der Waals surface area contributed by atoms with Crippen molar-refractivity contribution < 1.29 is 17.3 Å². The van der Waals surface area contributed by atoms with E-state index in [1.807, 2.05) is 24.3 Å². The highest BCUT2D eigenvalue weighted by Gasteiger charge is 2.13. The van der Waals surface area contributed by atoms with E-state index >= 15 is 0 Å². The van der Waals surface area contributed by atoms with Crippen LogP contribution in [-0.2, 0) is 20.7 Å². The van der Waals surface area contributed by atoms with Crippen molar-refractivity contribution in [1.29, 1.82) is 0 Å². The topological polar surface area (TPSA) is 52.6 Å². The maximum absolute atomic E-state index is 11.9. The summed E-state index contributed by atoms with van der Waals surface area (Å²) in [6, 6.07) is 15.9. The Bertz CT molecular complexity index is 648. The Morgan fingerprint density at radius 3 is 2.24 bits per heavy atom. The van der Waals surface area contributed by atoms with Crippen LogP contribution in [0, 0.1) is 0 Å². The van der Waals surface area contributed by atoms with E-state index in [9.17, 15) is 8.42 Å². The molecule has 0 amide bonds. The van der Waals surface area contributed by atoms with Gasteiger partial charge in [-0.1, -0.05) is 30.3 Å². The number of methoxy groups -OCH3 is 1. The molecule has 112 valence electrons. The van der Waals surface area contributed by atoms with Gasteiger partial charge in [0, 0.05) is 0 Å². The first-order valence-electron chi connectivity index (χ1n) is 6.69. The fraction of sp³-hybridized carbons (Fsp3) is 0.250. The third-order valence-corrected chi connectivity index (χ3v) is 4.37. The molecule has 4 nitrogen and oxygen atoms in total. The molecule has 2 aromatic rings. The normalized spacial score (nSPS) is 11.3. The minimum atomic E-state index is -3.65. The molecule has 0 N–H and O–H groups in total. The highest BCUT2D eigenvalue weighted by molar-refractivity contribution is 7.86. The highest BCUT2D eigenvalue weighted by atomic mass is 32.2. The van der Waals surface area contributed by atoms with Gasteiger partial charge in [-0.15, -0.1) is 0 Å². The van der Waals surface area contributed by atoms with Crippen molar-refractivity contribution in [1.82, 2.24) is 0 Å². The Kier molecular flexibility index (Phi) is 5.36. The van der Waals surface area contributed by atoms with E-state index in [-0.39, 0.29) is 11.5 Å². The second-order valence-electron chi connectivity index (χ2n) is 4.54. The second kappa shape index (κ2) is 7.24. The molecule has 0 saturated heterocycles. The summed E-state index contributed by atoms with van der Waals surface area (Å²) >= 11 is 0. The minimum absolute atomic E-state index is 0.170. The minimum Gasteiger partial charge on any atom is -0.497 e. The maximum atomic E-state index is 11.9. The number of hydrogen-bond donors (Lipinski definition) is 0. The zero-order valence-corrected chi connectivity index (χ0v) is 12.7. The Morgan fingerprint density at radius 1 is 0.952 bits per heavy atom. The summed E-state index contributed by atoms with van der Waals surface area (Å²) in [5.74, 6) is 0.807. The third-order valence-electron chi connectivity index (χ3n) is 3.04. The Labute approximate surface area is 125 Å². The van der Waals surface area contributed by atoms with Crippen LogP contribution in [0.25, 0.3) is 0 Å². The third kappa shape index (κ3) is 4.58. The lowest BCUT2D eigenvalue weighted by molar-refractivity contribution is 0.312. The summed E-state index contributed by atoms with van der Waals surface area (Å²) in [4.78, 5) is 0.189. The van der Waals surface area contributed by atoms with Gasteiger partial charge in [-0.05, 0) is 42.7 Å². The summed E-state index contributed by atoms with van der Waals surface area (Å²) in [7, 11) is -2.02. The van der Waals surface area contributed by atoms with Gasteiger partial charge in [0.05, 0.1) is 18.6 Å². The van der Waals surface area contributed by atoms with Gasteiger partial charge in [-0.25, -0.2) is 0 Å². The second-order valence-corrected chi connectivity index (χ2v) is 6.16. The fourth-order valence-corrected chi connectivity index (χ4v) is 2.86. The monoisotopic (exact) mass is 306 g/mol. The van der Waals surface area contributed by atoms with Crippen molar-refractivity contribution in [3.05, 3.63) is 60.2 Å². The standard InChI is InChI=1S/C16H18O4S/c1-19-15-11-9-14(10-12-15)6-5-13-20-21(17,18)16-7-3-2-4-8-16/h2-4,7-12H,5-6,13H2,1H3. The lowest BCUT2D eigenvalue weighted by atomic mass is 10.1. The number of aryl methyl sites for hydroxylation is 1. The summed E-state index contributed by atoms with van der Waals surface area (Å²) in [5, 5.41) is 0. The van der Waals surface area contributed by atoms with Gasteiger partial charge in [0.15, 0.2) is 0 Å². The van der Waals surface area contributed by atoms with Gasteiger partial charge in [-0.3, -0.25) is 4.18 Å². The SMILES string of the molecule is COc1ccc(CCCOS(=O)(=O)c2ccccc2)cc1. The molecule has 0 radical (unpaired) electrons. The average Bonchev–Trinajstić information content (AvgIpc) is 2.53. The van der Waals surface area contributed by atoms with E-state index in [0.717, 1.165) is 17.7 Å². The van der Waals surface area contributed by atoms with Crippen LogP contribution in [0.1, 0.15) is 12.0 Å². The molecule has 0 aromatic heterocycles. The van der Waals surface area contributed by atoms with Gasteiger partial charge in [-0.2, -0.15) is 8.42 Å². The van der Waals surface area contributed by atoms with Crippen LogP contribution in [-0.4, -0.2) is 22.1 Å². The van der Waals surface area contributed by atoms with E-state index in [2.05, 4.69) is 0 Å². The molecule has 2 aromatic carbocycles. The van der Waals surface area contributed by atoms with E-state index in [1.54, 1.807) is 25.3 Å². The number of rotatable bonds is 7.